The van der Waals surface area contributed by atoms with E-state index < -0.39 is 0 Å². The summed E-state index contributed by atoms with van der Waals surface area (Å²) in [6.07, 6.45) is 3.29. The highest BCUT2D eigenvalue weighted by molar-refractivity contribution is 9.10. The van der Waals surface area contributed by atoms with Crippen LogP contribution in [0.3, 0.4) is 0 Å². The van der Waals surface area contributed by atoms with Crippen LogP contribution in [0, 0.1) is 6.92 Å². The van der Waals surface area contributed by atoms with Crippen molar-refractivity contribution in [3.8, 4) is 17.0 Å². The fourth-order valence-electron chi connectivity index (χ4n) is 2.50. The summed E-state index contributed by atoms with van der Waals surface area (Å²) in [6, 6.07) is 9.20. The number of carbonyl (C=O) groups is 1. The summed E-state index contributed by atoms with van der Waals surface area (Å²) in [7, 11) is 1.60. The number of amides is 1. The number of carbonyl (C=O) groups excluding carboxylic acids is 1. The molecule has 0 radical (unpaired) electrons. The Kier molecular flexibility index (Phi) is 5.14. The van der Waals surface area contributed by atoms with E-state index in [0.29, 0.717) is 29.3 Å². The molecule has 2 aromatic heterocycles. The number of aromatic nitrogens is 2. The van der Waals surface area contributed by atoms with Crippen molar-refractivity contribution in [2.45, 2.75) is 13.5 Å². The van der Waals surface area contributed by atoms with E-state index in [2.05, 4.69) is 31.4 Å². The molecule has 3 aromatic rings. The van der Waals surface area contributed by atoms with Gasteiger partial charge in [-0.25, -0.2) is 0 Å². The maximum atomic E-state index is 12.7. The van der Waals surface area contributed by atoms with Gasteiger partial charge in [-0.2, -0.15) is 0 Å². The first-order chi connectivity index (χ1) is 12.1. The van der Waals surface area contributed by atoms with Gasteiger partial charge in [0.25, 0.3) is 5.91 Å². The van der Waals surface area contributed by atoms with Crippen molar-refractivity contribution in [2.75, 3.05) is 7.11 Å². The normalized spacial score (nSPS) is 10.5. The highest BCUT2D eigenvalue weighted by atomic mass is 79.9. The number of pyridine rings is 1. The minimum Gasteiger partial charge on any atom is -0.496 e. The highest BCUT2D eigenvalue weighted by Crippen LogP contribution is 2.26. The summed E-state index contributed by atoms with van der Waals surface area (Å²) >= 11 is 3.43. The number of methoxy groups -OCH3 is 1. The molecule has 0 aliphatic heterocycles. The van der Waals surface area contributed by atoms with Crippen LogP contribution in [-0.4, -0.2) is 23.2 Å². The Morgan fingerprint density at radius 1 is 1.28 bits per heavy atom. The Morgan fingerprint density at radius 3 is 2.76 bits per heavy atom. The summed E-state index contributed by atoms with van der Waals surface area (Å²) in [5.74, 6) is 0.915. The minimum absolute atomic E-state index is 0.257. The van der Waals surface area contributed by atoms with Crippen LogP contribution in [0.1, 0.15) is 21.7 Å². The molecule has 2 heterocycles. The van der Waals surface area contributed by atoms with Crippen molar-refractivity contribution >= 4 is 21.8 Å². The van der Waals surface area contributed by atoms with Gasteiger partial charge in [-0.15, -0.1) is 0 Å². The van der Waals surface area contributed by atoms with E-state index in [0.717, 1.165) is 15.6 Å². The number of benzene rings is 1. The Labute approximate surface area is 153 Å². The maximum absolute atomic E-state index is 12.7. The lowest BCUT2D eigenvalue weighted by Gasteiger charge is -2.10. The molecule has 0 aliphatic rings. The molecular weight excluding hydrogens is 386 g/mol. The summed E-state index contributed by atoms with van der Waals surface area (Å²) in [5, 5.41) is 6.91. The fraction of sp³-hybridized carbons (Fsp3) is 0.167. The second kappa shape index (κ2) is 7.48. The van der Waals surface area contributed by atoms with Crippen LogP contribution in [0.2, 0.25) is 0 Å². The number of nitrogens with zero attached hydrogens (tertiary/aromatic N) is 2. The number of rotatable bonds is 5. The molecule has 25 heavy (non-hydrogen) atoms. The van der Waals surface area contributed by atoms with E-state index in [9.17, 15) is 4.79 Å². The van der Waals surface area contributed by atoms with E-state index >= 15 is 0 Å². The van der Waals surface area contributed by atoms with Gasteiger partial charge in [0.2, 0.25) is 0 Å². The SMILES string of the molecule is COc1ccc(Br)cc1CNC(=O)c1c(-c2ccncc2)noc1C. The predicted molar refractivity (Wildman–Crippen MR) is 96.3 cm³/mol. The minimum atomic E-state index is -0.257. The second-order valence-corrected chi connectivity index (χ2v) is 6.25. The smallest absolute Gasteiger partial charge is 0.257 e. The average molecular weight is 402 g/mol. The molecule has 0 spiro atoms. The molecule has 128 valence electrons. The van der Waals surface area contributed by atoms with Crippen molar-refractivity contribution in [2.24, 2.45) is 0 Å². The first-order valence-electron chi connectivity index (χ1n) is 7.57. The van der Waals surface area contributed by atoms with Crippen LogP contribution in [0.25, 0.3) is 11.3 Å². The Morgan fingerprint density at radius 2 is 2.04 bits per heavy atom. The molecule has 6 nitrogen and oxygen atoms in total. The van der Waals surface area contributed by atoms with Gasteiger partial charge in [0.1, 0.15) is 22.8 Å². The quantitative estimate of drug-likeness (QED) is 0.704. The average Bonchev–Trinajstić information content (AvgIpc) is 3.02. The van der Waals surface area contributed by atoms with Crippen molar-refractivity contribution in [1.82, 2.24) is 15.5 Å². The number of aryl methyl sites for hydroxylation is 1. The zero-order chi connectivity index (χ0) is 17.8. The lowest BCUT2D eigenvalue weighted by molar-refractivity contribution is 0.0949. The van der Waals surface area contributed by atoms with Gasteiger partial charge in [0.05, 0.1) is 7.11 Å². The monoisotopic (exact) mass is 401 g/mol. The van der Waals surface area contributed by atoms with Crippen LogP contribution in [0.15, 0.2) is 51.7 Å². The van der Waals surface area contributed by atoms with E-state index in [4.69, 9.17) is 9.26 Å². The molecule has 1 amide bonds. The number of hydrogen-bond donors (Lipinski definition) is 1. The number of nitrogens with one attached hydrogen (secondary N) is 1. The van der Waals surface area contributed by atoms with Gasteiger partial charge in [0, 0.05) is 34.5 Å². The summed E-state index contributed by atoms with van der Waals surface area (Å²) < 4.78 is 11.5. The molecule has 0 fully saturated rings. The molecule has 1 aromatic carbocycles. The number of ether oxygens (including phenoxy) is 1. The van der Waals surface area contributed by atoms with Crippen LogP contribution < -0.4 is 10.1 Å². The first-order valence-corrected chi connectivity index (χ1v) is 8.36. The van der Waals surface area contributed by atoms with Crippen molar-refractivity contribution in [1.29, 1.82) is 0 Å². The standard InChI is InChI=1S/C18H16BrN3O3/c1-11-16(17(22-25-11)12-5-7-20-8-6-12)18(23)21-10-13-9-14(19)3-4-15(13)24-2/h3-9H,10H2,1-2H3,(H,21,23). The zero-order valence-electron chi connectivity index (χ0n) is 13.7. The van der Waals surface area contributed by atoms with Crippen molar-refractivity contribution in [3.05, 3.63) is 64.1 Å². The predicted octanol–water partition coefficient (Wildman–Crippen LogP) is 3.75. The topological polar surface area (TPSA) is 77.2 Å². The van der Waals surface area contributed by atoms with Gasteiger partial charge < -0.3 is 14.6 Å². The van der Waals surface area contributed by atoms with Crippen LogP contribution in [0.4, 0.5) is 0 Å². The van der Waals surface area contributed by atoms with Crippen LogP contribution in [0.5, 0.6) is 5.75 Å². The Balaban J connectivity index is 1.83. The molecule has 0 unspecified atom stereocenters. The second-order valence-electron chi connectivity index (χ2n) is 5.34. The Bertz CT molecular complexity index is 894. The summed E-state index contributed by atoms with van der Waals surface area (Å²) in [6.45, 7) is 2.04. The van der Waals surface area contributed by atoms with E-state index in [-0.39, 0.29) is 5.91 Å². The van der Waals surface area contributed by atoms with Gasteiger partial charge in [-0.05, 0) is 37.3 Å². The molecule has 0 atom stereocenters. The third-order valence-electron chi connectivity index (χ3n) is 3.73. The summed E-state index contributed by atoms with van der Waals surface area (Å²) in [5.41, 5.74) is 2.56. The van der Waals surface area contributed by atoms with Gasteiger partial charge >= 0.3 is 0 Å². The van der Waals surface area contributed by atoms with Gasteiger partial charge in [-0.3, -0.25) is 9.78 Å². The first kappa shape index (κ1) is 17.2. The van der Waals surface area contributed by atoms with Crippen molar-refractivity contribution < 1.29 is 14.1 Å². The lowest BCUT2D eigenvalue weighted by Crippen LogP contribution is -2.24. The molecule has 0 saturated carbocycles. The lowest BCUT2D eigenvalue weighted by atomic mass is 10.1. The summed E-state index contributed by atoms with van der Waals surface area (Å²) in [4.78, 5) is 16.7. The fourth-order valence-corrected chi connectivity index (χ4v) is 2.90. The Hall–Kier alpha value is -2.67. The number of hydrogen-bond acceptors (Lipinski definition) is 5. The molecular formula is C18H16BrN3O3. The van der Waals surface area contributed by atoms with E-state index in [1.807, 2.05) is 18.2 Å². The van der Waals surface area contributed by atoms with E-state index in [1.54, 1.807) is 38.6 Å². The third kappa shape index (κ3) is 3.71. The molecule has 0 saturated heterocycles. The number of halogens is 1. The van der Waals surface area contributed by atoms with Crippen LogP contribution in [-0.2, 0) is 6.54 Å². The molecule has 0 bridgehead atoms. The highest BCUT2D eigenvalue weighted by Gasteiger charge is 2.21. The van der Waals surface area contributed by atoms with Crippen LogP contribution >= 0.6 is 15.9 Å². The molecule has 7 heteroatoms. The molecule has 0 aliphatic carbocycles. The largest absolute Gasteiger partial charge is 0.496 e. The maximum Gasteiger partial charge on any atom is 0.257 e. The van der Waals surface area contributed by atoms with Gasteiger partial charge in [-0.1, -0.05) is 21.1 Å². The van der Waals surface area contributed by atoms with Gasteiger partial charge in [0.15, 0.2) is 0 Å². The van der Waals surface area contributed by atoms with E-state index in [1.165, 1.54) is 0 Å². The third-order valence-corrected chi connectivity index (χ3v) is 4.22. The molecule has 3 rings (SSSR count). The molecule has 1 N–H and O–H groups in total. The van der Waals surface area contributed by atoms with Crippen molar-refractivity contribution in [3.63, 3.8) is 0 Å². The zero-order valence-corrected chi connectivity index (χ0v) is 15.3.